The average Bonchev–Trinajstić information content (AvgIpc) is 2.43. The molecular weight excluding hydrogens is 333 g/mol. The molecule has 0 aliphatic heterocycles. The van der Waals surface area contributed by atoms with Crippen LogP contribution in [0.2, 0.25) is 0 Å². The van der Waals surface area contributed by atoms with Crippen molar-refractivity contribution < 1.29 is 9.13 Å². The molecule has 2 rings (SSSR count). The van der Waals surface area contributed by atoms with E-state index in [1.165, 1.54) is 12.1 Å². The third-order valence-electron chi connectivity index (χ3n) is 3.31. The zero-order chi connectivity index (χ0) is 15.4. The Labute approximate surface area is 133 Å². The van der Waals surface area contributed by atoms with E-state index in [1.807, 2.05) is 19.9 Å². The predicted molar refractivity (Wildman–Crippen MR) is 87.4 cm³/mol. The van der Waals surface area contributed by atoms with Gasteiger partial charge < -0.3 is 10.1 Å². The third kappa shape index (κ3) is 3.83. The van der Waals surface area contributed by atoms with Crippen molar-refractivity contribution in [1.29, 1.82) is 0 Å². The Morgan fingerprint density at radius 3 is 2.62 bits per heavy atom. The van der Waals surface area contributed by atoms with E-state index in [2.05, 4.69) is 33.4 Å². The maximum absolute atomic E-state index is 13.7. The Morgan fingerprint density at radius 1 is 1.24 bits per heavy atom. The lowest BCUT2D eigenvalue weighted by Crippen LogP contribution is -2.22. The monoisotopic (exact) mass is 351 g/mol. The summed E-state index contributed by atoms with van der Waals surface area (Å²) < 4.78 is 20.1. The molecule has 0 aromatic heterocycles. The van der Waals surface area contributed by atoms with Crippen LogP contribution in [0.4, 0.5) is 4.39 Å². The SMILES string of the molecule is CCNC(c1cc(C)cc(Br)c1)c1cc(F)ccc1OC. The van der Waals surface area contributed by atoms with Gasteiger partial charge in [0.25, 0.3) is 0 Å². The Balaban J connectivity index is 2.55. The Hall–Kier alpha value is -1.39. The van der Waals surface area contributed by atoms with Crippen molar-refractivity contribution >= 4 is 15.9 Å². The van der Waals surface area contributed by atoms with E-state index in [4.69, 9.17) is 4.74 Å². The molecule has 0 fully saturated rings. The molecule has 0 radical (unpaired) electrons. The highest BCUT2D eigenvalue weighted by Gasteiger charge is 2.19. The lowest BCUT2D eigenvalue weighted by atomic mass is 9.96. The van der Waals surface area contributed by atoms with Crippen LogP contribution < -0.4 is 10.1 Å². The van der Waals surface area contributed by atoms with Crippen molar-refractivity contribution in [3.8, 4) is 5.75 Å². The fourth-order valence-electron chi connectivity index (χ4n) is 2.47. The Bertz CT molecular complexity index is 610. The number of nitrogens with one attached hydrogen (secondary N) is 1. The number of hydrogen-bond donors (Lipinski definition) is 1. The van der Waals surface area contributed by atoms with E-state index in [0.717, 1.165) is 27.7 Å². The minimum Gasteiger partial charge on any atom is -0.496 e. The minimum atomic E-state index is -0.263. The summed E-state index contributed by atoms with van der Waals surface area (Å²) in [5.41, 5.74) is 3.03. The molecule has 112 valence electrons. The van der Waals surface area contributed by atoms with Gasteiger partial charge >= 0.3 is 0 Å². The largest absolute Gasteiger partial charge is 0.496 e. The molecule has 0 saturated heterocycles. The molecule has 4 heteroatoms. The Kier molecular flexibility index (Phi) is 5.37. The molecule has 2 nitrogen and oxygen atoms in total. The second-order valence-electron chi connectivity index (χ2n) is 4.94. The molecule has 21 heavy (non-hydrogen) atoms. The Morgan fingerprint density at radius 2 is 2.00 bits per heavy atom. The molecule has 1 N–H and O–H groups in total. The summed E-state index contributed by atoms with van der Waals surface area (Å²) >= 11 is 3.52. The van der Waals surface area contributed by atoms with Crippen molar-refractivity contribution in [2.75, 3.05) is 13.7 Å². The minimum absolute atomic E-state index is 0.114. The molecule has 1 unspecified atom stereocenters. The average molecular weight is 352 g/mol. The quantitative estimate of drug-likeness (QED) is 0.849. The standard InChI is InChI=1S/C17H19BrFNO/c1-4-20-17(12-7-11(2)8-13(18)9-12)15-10-14(19)5-6-16(15)21-3/h5-10,17,20H,4H2,1-3H3. The molecule has 1 atom stereocenters. The second-order valence-corrected chi connectivity index (χ2v) is 5.85. The summed E-state index contributed by atoms with van der Waals surface area (Å²) in [6, 6.07) is 10.7. The molecule has 0 aliphatic rings. The van der Waals surface area contributed by atoms with Gasteiger partial charge in [-0.05, 0) is 54.9 Å². The molecule has 0 spiro atoms. The van der Waals surface area contributed by atoms with Crippen molar-refractivity contribution in [1.82, 2.24) is 5.32 Å². The maximum atomic E-state index is 13.7. The van der Waals surface area contributed by atoms with Gasteiger partial charge in [0.05, 0.1) is 13.2 Å². The van der Waals surface area contributed by atoms with Gasteiger partial charge in [-0.2, -0.15) is 0 Å². The van der Waals surface area contributed by atoms with E-state index in [1.54, 1.807) is 13.2 Å². The van der Waals surface area contributed by atoms with Crippen LogP contribution in [0.1, 0.15) is 29.7 Å². The van der Waals surface area contributed by atoms with E-state index < -0.39 is 0 Å². The highest BCUT2D eigenvalue weighted by atomic mass is 79.9. The topological polar surface area (TPSA) is 21.3 Å². The number of benzene rings is 2. The first-order valence-corrected chi connectivity index (χ1v) is 7.68. The summed E-state index contributed by atoms with van der Waals surface area (Å²) in [6.45, 7) is 4.85. The van der Waals surface area contributed by atoms with Gasteiger partial charge in [-0.15, -0.1) is 0 Å². The predicted octanol–water partition coefficient (Wildman–Crippen LogP) is 4.60. The molecule has 0 amide bonds. The number of halogens is 2. The highest BCUT2D eigenvalue weighted by Crippen LogP contribution is 2.32. The summed E-state index contributed by atoms with van der Waals surface area (Å²) in [5, 5.41) is 3.40. The number of aryl methyl sites for hydroxylation is 1. The summed E-state index contributed by atoms with van der Waals surface area (Å²) in [5.74, 6) is 0.417. The van der Waals surface area contributed by atoms with Crippen molar-refractivity contribution in [3.05, 3.63) is 63.4 Å². The van der Waals surface area contributed by atoms with Gasteiger partial charge in [-0.3, -0.25) is 0 Å². The number of ether oxygens (including phenoxy) is 1. The number of rotatable bonds is 5. The number of methoxy groups -OCH3 is 1. The van der Waals surface area contributed by atoms with Crippen LogP contribution in [0, 0.1) is 12.7 Å². The van der Waals surface area contributed by atoms with Crippen molar-refractivity contribution in [3.63, 3.8) is 0 Å². The van der Waals surface area contributed by atoms with Crippen LogP contribution in [0.5, 0.6) is 5.75 Å². The third-order valence-corrected chi connectivity index (χ3v) is 3.77. The summed E-state index contributed by atoms with van der Waals surface area (Å²) in [7, 11) is 1.60. The van der Waals surface area contributed by atoms with Gasteiger partial charge in [0.2, 0.25) is 0 Å². The molecule has 2 aromatic rings. The first kappa shape index (κ1) is 16.0. The van der Waals surface area contributed by atoms with Gasteiger partial charge in [0, 0.05) is 10.0 Å². The van der Waals surface area contributed by atoms with Gasteiger partial charge in [0.1, 0.15) is 11.6 Å². The fourth-order valence-corrected chi connectivity index (χ4v) is 3.10. The molecule has 0 heterocycles. The van der Waals surface area contributed by atoms with Gasteiger partial charge in [0.15, 0.2) is 0 Å². The molecular formula is C17H19BrFNO. The van der Waals surface area contributed by atoms with Crippen LogP contribution >= 0.6 is 15.9 Å². The summed E-state index contributed by atoms with van der Waals surface area (Å²) in [4.78, 5) is 0. The first-order chi connectivity index (χ1) is 10.0. The lowest BCUT2D eigenvalue weighted by Gasteiger charge is -2.22. The van der Waals surface area contributed by atoms with Crippen molar-refractivity contribution in [2.45, 2.75) is 19.9 Å². The van der Waals surface area contributed by atoms with Crippen LogP contribution in [0.3, 0.4) is 0 Å². The van der Waals surface area contributed by atoms with Gasteiger partial charge in [-0.25, -0.2) is 4.39 Å². The van der Waals surface area contributed by atoms with E-state index in [0.29, 0.717) is 5.75 Å². The van der Waals surface area contributed by atoms with Crippen LogP contribution in [-0.2, 0) is 0 Å². The zero-order valence-electron chi connectivity index (χ0n) is 12.4. The highest BCUT2D eigenvalue weighted by molar-refractivity contribution is 9.10. The molecule has 0 saturated carbocycles. The summed E-state index contributed by atoms with van der Waals surface area (Å²) in [6.07, 6.45) is 0. The zero-order valence-corrected chi connectivity index (χ0v) is 14.0. The van der Waals surface area contributed by atoms with E-state index in [9.17, 15) is 4.39 Å². The first-order valence-electron chi connectivity index (χ1n) is 6.89. The molecule has 0 bridgehead atoms. The second kappa shape index (κ2) is 7.05. The van der Waals surface area contributed by atoms with Gasteiger partial charge in [-0.1, -0.05) is 28.9 Å². The van der Waals surface area contributed by atoms with Crippen LogP contribution in [-0.4, -0.2) is 13.7 Å². The fraction of sp³-hybridized carbons (Fsp3) is 0.294. The van der Waals surface area contributed by atoms with E-state index in [-0.39, 0.29) is 11.9 Å². The van der Waals surface area contributed by atoms with Crippen LogP contribution in [0.15, 0.2) is 40.9 Å². The van der Waals surface area contributed by atoms with Crippen molar-refractivity contribution in [2.24, 2.45) is 0 Å². The van der Waals surface area contributed by atoms with E-state index >= 15 is 0 Å². The smallest absolute Gasteiger partial charge is 0.124 e. The number of hydrogen-bond acceptors (Lipinski definition) is 2. The maximum Gasteiger partial charge on any atom is 0.124 e. The lowest BCUT2D eigenvalue weighted by molar-refractivity contribution is 0.402. The molecule has 0 aliphatic carbocycles. The normalized spacial score (nSPS) is 12.2. The molecule has 2 aromatic carbocycles. The van der Waals surface area contributed by atoms with Crippen LogP contribution in [0.25, 0.3) is 0 Å².